The highest BCUT2D eigenvalue weighted by molar-refractivity contribution is 5.92. The molecule has 1 aromatic carbocycles. The van der Waals surface area contributed by atoms with E-state index in [1.165, 1.54) is 0 Å². The zero-order valence-electron chi connectivity index (χ0n) is 12.3. The Balaban J connectivity index is 1.85. The first kappa shape index (κ1) is 14.8. The van der Waals surface area contributed by atoms with Crippen molar-refractivity contribution in [2.75, 3.05) is 5.32 Å². The summed E-state index contributed by atoms with van der Waals surface area (Å²) in [6, 6.07) is 9.07. The zero-order chi connectivity index (χ0) is 15.2. The quantitative estimate of drug-likeness (QED) is 0.916. The Morgan fingerprint density at radius 1 is 1.38 bits per heavy atom. The molecule has 1 amide bonds. The number of aromatic nitrogens is 2. The molecule has 108 valence electrons. The van der Waals surface area contributed by atoms with Crippen molar-refractivity contribution < 1.29 is 4.79 Å². The van der Waals surface area contributed by atoms with Crippen LogP contribution in [-0.4, -0.2) is 15.5 Å². The van der Waals surface area contributed by atoms with E-state index < -0.39 is 0 Å². The van der Waals surface area contributed by atoms with E-state index in [0.29, 0.717) is 17.7 Å². The molecule has 5 nitrogen and oxygen atoms in total. The van der Waals surface area contributed by atoms with Crippen LogP contribution in [0.2, 0.25) is 0 Å². The number of nitrogens with one attached hydrogen (secondary N) is 1. The predicted molar refractivity (Wildman–Crippen MR) is 80.7 cm³/mol. The summed E-state index contributed by atoms with van der Waals surface area (Å²) in [6.45, 7) is 4.75. The standard InChI is InChI=1S/C16H18N4O/c1-12-13(2)20(11-18-12)9-5-8-16(21)19-15-7-4-3-6-14(15)10-17/h3-4,6-7,11H,5,8-9H2,1-2H3,(H,19,21). The van der Waals surface area contributed by atoms with Crippen LogP contribution in [0.3, 0.4) is 0 Å². The number of rotatable bonds is 5. The minimum atomic E-state index is -0.0767. The van der Waals surface area contributed by atoms with E-state index in [-0.39, 0.29) is 5.91 Å². The number of nitriles is 1. The molecule has 0 fully saturated rings. The molecular formula is C16H18N4O. The number of nitrogens with zero attached hydrogens (tertiary/aromatic N) is 3. The van der Waals surface area contributed by atoms with Gasteiger partial charge in [-0.25, -0.2) is 4.98 Å². The molecule has 0 saturated carbocycles. The van der Waals surface area contributed by atoms with Gasteiger partial charge in [0, 0.05) is 18.7 Å². The second-order valence-corrected chi connectivity index (χ2v) is 4.92. The van der Waals surface area contributed by atoms with Crippen LogP contribution < -0.4 is 5.32 Å². The number of anilines is 1. The van der Waals surface area contributed by atoms with Crippen molar-refractivity contribution in [2.24, 2.45) is 0 Å². The van der Waals surface area contributed by atoms with Crippen LogP contribution in [0.25, 0.3) is 0 Å². The number of carbonyl (C=O) groups is 1. The third kappa shape index (κ3) is 3.69. The van der Waals surface area contributed by atoms with Gasteiger partial charge >= 0.3 is 0 Å². The Morgan fingerprint density at radius 2 is 2.14 bits per heavy atom. The first-order valence-electron chi connectivity index (χ1n) is 6.89. The van der Waals surface area contributed by atoms with Crippen LogP contribution in [-0.2, 0) is 11.3 Å². The van der Waals surface area contributed by atoms with Gasteiger partial charge in [0.25, 0.3) is 0 Å². The number of carbonyl (C=O) groups excluding carboxylic acids is 1. The van der Waals surface area contributed by atoms with Crippen molar-refractivity contribution in [3.05, 3.63) is 47.5 Å². The van der Waals surface area contributed by atoms with Crippen molar-refractivity contribution in [3.63, 3.8) is 0 Å². The average Bonchev–Trinajstić information content (AvgIpc) is 2.80. The van der Waals surface area contributed by atoms with Gasteiger partial charge in [0.1, 0.15) is 6.07 Å². The van der Waals surface area contributed by atoms with Gasteiger partial charge in [-0.1, -0.05) is 12.1 Å². The molecule has 0 aliphatic carbocycles. The highest BCUT2D eigenvalue weighted by Crippen LogP contribution is 2.14. The van der Waals surface area contributed by atoms with Crippen LogP contribution in [0.4, 0.5) is 5.69 Å². The number of hydrogen-bond donors (Lipinski definition) is 1. The molecule has 0 bridgehead atoms. The molecule has 5 heteroatoms. The molecule has 1 N–H and O–H groups in total. The number of benzene rings is 1. The molecule has 1 aromatic heterocycles. The van der Waals surface area contributed by atoms with Crippen molar-refractivity contribution in [1.82, 2.24) is 9.55 Å². The molecular weight excluding hydrogens is 264 g/mol. The van der Waals surface area contributed by atoms with Crippen LogP contribution >= 0.6 is 0 Å². The van der Waals surface area contributed by atoms with Gasteiger partial charge in [-0.2, -0.15) is 5.26 Å². The fraction of sp³-hybridized carbons (Fsp3) is 0.312. The second kappa shape index (κ2) is 6.71. The molecule has 1 heterocycles. The molecule has 0 spiro atoms. The molecule has 0 radical (unpaired) electrons. The van der Waals surface area contributed by atoms with Crippen molar-refractivity contribution in [3.8, 4) is 6.07 Å². The maximum absolute atomic E-state index is 11.9. The lowest BCUT2D eigenvalue weighted by Crippen LogP contribution is -2.13. The van der Waals surface area contributed by atoms with Gasteiger partial charge in [-0.3, -0.25) is 4.79 Å². The fourth-order valence-corrected chi connectivity index (χ4v) is 2.08. The van der Waals surface area contributed by atoms with Crippen molar-refractivity contribution in [1.29, 1.82) is 5.26 Å². The maximum atomic E-state index is 11.9. The summed E-state index contributed by atoms with van der Waals surface area (Å²) in [6.07, 6.45) is 2.95. The van der Waals surface area contributed by atoms with E-state index in [0.717, 1.165) is 24.4 Å². The van der Waals surface area contributed by atoms with Gasteiger partial charge in [0.2, 0.25) is 5.91 Å². The number of hydrogen-bond acceptors (Lipinski definition) is 3. The first-order chi connectivity index (χ1) is 10.1. The summed E-state index contributed by atoms with van der Waals surface area (Å²) in [5.74, 6) is -0.0767. The minimum absolute atomic E-state index is 0.0767. The summed E-state index contributed by atoms with van der Waals surface area (Å²) < 4.78 is 2.05. The van der Waals surface area contributed by atoms with Gasteiger partial charge in [0.15, 0.2) is 0 Å². The summed E-state index contributed by atoms with van der Waals surface area (Å²) >= 11 is 0. The zero-order valence-corrected chi connectivity index (χ0v) is 12.3. The summed E-state index contributed by atoms with van der Waals surface area (Å²) in [5, 5.41) is 11.8. The molecule has 21 heavy (non-hydrogen) atoms. The molecule has 2 rings (SSSR count). The number of aryl methyl sites for hydroxylation is 2. The van der Waals surface area contributed by atoms with E-state index in [1.54, 1.807) is 30.6 Å². The number of amides is 1. The molecule has 0 atom stereocenters. The van der Waals surface area contributed by atoms with E-state index in [9.17, 15) is 4.79 Å². The van der Waals surface area contributed by atoms with E-state index in [1.807, 2.05) is 18.4 Å². The Labute approximate surface area is 124 Å². The Bertz CT molecular complexity index is 682. The molecule has 2 aromatic rings. The largest absolute Gasteiger partial charge is 0.335 e. The third-order valence-corrected chi connectivity index (χ3v) is 3.47. The fourth-order valence-electron chi connectivity index (χ4n) is 2.08. The third-order valence-electron chi connectivity index (χ3n) is 3.47. The van der Waals surface area contributed by atoms with Crippen LogP contribution in [0, 0.1) is 25.2 Å². The lowest BCUT2D eigenvalue weighted by atomic mass is 10.2. The van der Waals surface area contributed by atoms with Crippen molar-refractivity contribution >= 4 is 11.6 Å². The highest BCUT2D eigenvalue weighted by Gasteiger charge is 2.07. The Hall–Kier alpha value is -2.61. The highest BCUT2D eigenvalue weighted by atomic mass is 16.1. The molecule has 0 aliphatic rings. The molecule has 0 aliphatic heterocycles. The SMILES string of the molecule is Cc1ncn(CCCC(=O)Nc2ccccc2C#N)c1C. The smallest absolute Gasteiger partial charge is 0.224 e. The summed E-state index contributed by atoms with van der Waals surface area (Å²) in [7, 11) is 0. The molecule has 0 saturated heterocycles. The normalized spacial score (nSPS) is 10.1. The van der Waals surface area contributed by atoms with Crippen molar-refractivity contribution in [2.45, 2.75) is 33.2 Å². The number of imidazole rings is 1. The Morgan fingerprint density at radius 3 is 2.81 bits per heavy atom. The topological polar surface area (TPSA) is 70.7 Å². The van der Waals surface area contributed by atoms with Gasteiger partial charge in [-0.15, -0.1) is 0 Å². The summed E-state index contributed by atoms with van der Waals surface area (Å²) in [5.41, 5.74) is 3.19. The monoisotopic (exact) mass is 282 g/mol. The number of para-hydroxylation sites is 1. The average molecular weight is 282 g/mol. The summed E-state index contributed by atoms with van der Waals surface area (Å²) in [4.78, 5) is 16.1. The predicted octanol–water partition coefficient (Wildman–Crippen LogP) is 2.79. The Kier molecular flexibility index (Phi) is 4.72. The lowest BCUT2D eigenvalue weighted by Gasteiger charge is -2.08. The van der Waals surface area contributed by atoms with E-state index >= 15 is 0 Å². The van der Waals surface area contributed by atoms with Crippen LogP contribution in [0.1, 0.15) is 29.8 Å². The lowest BCUT2D eigenvalue weighted by molar-refractivity contribution is -0.116. The van der Waals surface area contributed by atoms with Gasteiger partial charge in [0.05, 0.1) is 23.3 Å². The van der Waals surface area contributed by atoms with Gasteiger partial charge < -0.3 is 9.88 Å². The van der Waals surface area contributed by atoms with Crippen LogP contribution in [0.5, 0.6) is 0 Å². The van der Waals surface area contributed by atoms with Gasteiger partial charge in [-0.05, 0) is 32.4 Å². The van der Waals surface area contributed by atoms with Crippen LogP contribution in [0.15, 0.2) is 30.6 Å². The maximum Gasteiger partial charge on any atom is 0.224 e. The molecule has 0 unspecified atom stereocenters. The minimum Gasteiger partial charge on any atom is -0.335 e. The first-order valence-corrected chi connectivity index (χ1v) is 6.89. The van der Waals surface area contributed by atoms with E-state index in [2.05, 4.69) is 16.4 Å². The van der Waals surface area contributed by atoms with E-state index in [4.69, 9.17) is 5.26 Å². The second-order valence-electron chi connectivity index (χ2n) is 4.92.